The summed E-state index contributed by atoms with van der Waals surface area (Å²) in [6.45, 7) is 5.15. The molecule has 3 atom stereocenters. The number of ether oxygens (including phenoxy) is 1. The van der Waals surface area contributed by atoms with E-state index in [1.807, 2.05) is 0 Å². The molecule has 1 aliphatic rings. The number of rotatable bonds is 5. The van der Waals surface area contributed by atoms with Gasteiger partial charge in [0.05, 0.1) is 6.10 Å². The maximum atomic E-state index is 11.2. The first-order chi connectivity index (χ1) is 9.08. The average Bonchev–Trinajstić information content (AvgIpc) is 2.89. The second-order valence-corrected chi connectivity index (χ2v) is 5.16. The first-order valence-electron chi connectivity index (χ1n) is 6.74. The van der Waals surface area contributed by atoms with Crippen LogP contribution < -0.4 is 10.1 Å². The summed E-state index contributed by atoms with van der Waals surface area (Å²) in [5, 5.41) is 13.2. The third-order valence-electron chi connectivity index (χ3n) is 3.57. The highest BCUT2D eigenvalue weighted by atomic mass is 16.5. The predicted octanol–water partition coefficient (Wildman–Crippen LogP) is 1.63. The Balaban J connectivity index is 2.06. The van der Waals surface area contributed by atoms with Crippen LogP contribution in [-0.4, -0.2) is 36.2 Å². The third kappa shape index (κ3) is 3.55. The molecule has 0 radical (unpaired) electrons. The van der Waals surface area contributed by atoms with Crippen LogP contribution in [-0.2, 0) is 0 Å². The Labute approximate surface area is 113 Å². The molecule has 19 heavy (non-hydrogen) atoms. The predicted molar refractivity (Wildman–Crippen MR) is 73.5 cm³/mol. The van der Waals surface area contributed by atoms with Gasteiger partial charge in [-0.3, -0.25) is 4.79 Å². The highest BCUT2D eigenvalue weighted by Crippen LogP contribution is 2.23. The molecule has 1 aromatic rings. The number of hydrogen-bond acceptors (Lipinski definition) is 4. The highest BCUT2D eigenvalue weighted by Gasteiger charge is 2.30. The van der Waals surface area contributed by atoms with Crippen LogP contribution >= 0.6 is 0 Å². The van der Waals surface area contributed by atoms with Crippen LogP contribution in [0, 0.1) is 5.92 Å². The van der Waals surface area contributed by atoms with Crippen LogP contribution in [0.4, 0.5) is 0 Å². The van der Waals surface area contributed by atoms with Crippen LogP contribution in [0.5, 0.6) is 5.75 Å². The van der Waals surface area contributed by atoms with Gasteiger partial charge in [-0.05, 0) is 51.1 Å². The molecule has 0 amide bonds. The minimum atomic E-state index is -0.516. The molecule has 1 saturated heterocycles. The largest absolute Gasteiger partial charge is 0.487 e. The van der Waals surface area contributed by atoms with Crippen LogP contribution in [0.3, 0.4) is 0 Å². The number of hydrogen-bond donors (Lipinski definition) is 2. The fraction of sp³-hybridized carbons (Fsp3) is 0.533. The molecule has 1 aliphatic heterocycles. The molecule has 0 bridgehead atoms. The van der Waals surface area contributed by atoms with E-state index in [0.717, 1.165) is 19.5 Å². The Morgan fingerprint density at radius 2 is 2.11 bits per heavy atom. The van der Waals surface area contributed by atoms with Crippen molar-refractivity contribution in [3.05, 3.63) is 29.8 Å². The smallest absolute Gasteiger partial charge is 0.159 e. The van der Waals surface area contributed by atoms with Crippen LogP contribution in [0.1, 0.15) is 30.6 Å². The Bertz CT molecular complexity index is 422. The second kappa shape index (κ2) is 6.17. The van der Waals surface area contributed by atoms with Crippen molar-refractivity contribution in [1.29, 1.82) is 0 Å². The Morgan fingerprint density at radius 1 is 1.42 bits per heavy atom. The summed E-state index contributed by atoms with van der Waals surface area (Å²) >= 11 is 0. The van der Waals surface area contributed by atoms with Gasteiger partial charge in [0.25, 0.3) is 0 Å². The topological polar surface area (TPSA) is 58.6 Å². The van der Waals surface area contributed by atoms with Gasteiger partial charge in [-0.25, -0.2) is 0 Å². The molecular formula is C15H21NO3. The minimum Gasteiger partial charge on any atom is -0.487 e. The van der Waals surface area contributed by atoms with Gasteiger partial charge in [0.2, 0.25) is 0 Å². The molecule has 0 aromatic heterocycles. The molecule has 2 N–H and O–H groups in total. The summed E-state index contributed by atoms with van der Waals surface area (Å²) in [7, 11) is 0. The van der Waals surface area contributed by atoms with Crippen molar-refractivity contribution in [3.8, 4) is 5.75 Å². The van der Waals surface area contributed by atoms with Crippen molar-refractivity contribution in [2.75, 3.05) is 13.1 Å². The SMILES string of the molecule is CC(=O)c1ccc(OC(C(C)O)C2CCNC2)cc1. The van der Waals surface area contributed by atoms with E-state index in [1.54, 1.807) is 38.1 Å². The van der Waals surface area contributed by atoms with Crippen molar-refractivity contribution in [3.63, 3.8) is 0 Å². The van der Waals surface area contributed by atoms with Crippen molar-refractivity contribution in [2.24, 2.45) is 5.92 Å². The van der Waals surface area contributed by atoms with Gasteiger partial charge in [0, 0.05) is 18.0 Å². The van der Waals surface area contributed by atoms with Crippen molar-refractivity contribution >= 4 is 5.78 Å². The molecule has 1 aromatic carbocycles. The summed E-state index contributed by atoms with van der Waals surface area (Å²) in [5.41, 5.74) is 0.670. The van der Waals surface area contributed by atoms with Crippen LogP contribution in [0.15, 0.2) is 24.3 Å². The highest BCUT2D eigenvalue weighted by molar-refractivity contribution is 5.94. The van der Waals surface area contributed by atoms with E-state index in [4.69, 9.17) is 4.74 Å². The monoisotopic (exact) mass is 263 g/mol. The molecule has 4 nitrogen and oxygen atoms in total. The molecule has 1 fully saturated rings. The van der Waals surface area contributed by atoms with Gasteiger partial charge < -0.3 is 15.2 Å². The van der Waals surface area contributed by atoms with E-state index in [9.17, 15) is 9.90 Å². The molecule has 0 saturated carbocycles. The Hall–Kier alpha value is -1.39. The van der Waals surface area contributed by atoms with Crippen molar-refractivity contribution < 1.29 is 14.6 Å². The zero-order valence-electron chi connectivity index (χ0n) is 11.4. The maximum absolute atomic E-state index is 11.2. The fourth-order valence-corrected chi connectivity index (χ4v) is 2.47. The lowest BCUT2D eigenvalue weighted by molar-refractivity contribution is 0.0159. The lowest BCUT2D eigenvalue weighted by Gasteiger charge is -2.26. The standard InChI is InChI=1S/C15H21NO3/c1-10(17)12-3-5-14(6-4-12)19-15(11(2)18)13-7-8-16-9-13/h3-6,11,13,15-16,18H,7-9H2,1-2H3. The van der Waals surface area contributed by atoms with Gasteiger partial charge in [-0.2, -0.15) is 0 Å². The zero-order chi connectivity index (χ0) is 13.8. The van der Waals surface area contributed by atoms with E-state index in [0.29, 0.717) is 17.2 Å². The fourth-order valence-electron chi connectivity index (χ4n) is 2.47. The van der Waals surface area contributed by atoms with E-state index in [1.165, 1.54) is 0 Å². The van der Waals surface area contributed by atoms with Crippen molar-refractivity contribution in [2.45, 2.75) is 32.5 Å². The van der Waals surface area contributed by atoms with E-state index in [-0.39, 0.29) is 11.9 Å². The zero-order valence-corrected chi connectivity index (χ0v) is 11.4. The molecule has 104 valence electrons. The molecule has 0 aliphatic carbocycles. The number of carbonyl (C=O) groups excluding carboxylic acids is 1. The molecule has 3 unspecified atom stereocenters. The number of aliphatic hydroxyl groups excluding tert-OH is 1. The number of ketones is 1. The van der Waals surface area contributed by atoms with Gasteiger partial charge in [-0.1, -0.05) is 0 Å². The Kier molecular flexibility index (Phi) is 4.56. The quantitative estimate of drug-likeness (QED) is 0.793. The number of Topliss-reactive ketones (excluding diaryl/α,β-unsaturated/α-hetero) is 1. The summed E-state index contributed by atoms with van der Waals surface area (Å²) in [6.07, 6.45) is 0.289. The number of carbonyl (C=O) groups is 1. The average molecular weight is 263 g/mol. The lowest BCUT2D eigenvalue weighted by Crippen LogP contribution is -2.38. The summed E-state index contributed by atoms with van der Waals surface area (Å²) in [6, 6.07) is 7.08. The van der Waals surface area contributed by atoms with E-state index in [2.05, 4.69) is 5.32 Å². The second-order valence-electron chi connectivity index (χ2n) is 5.16. The summed E-state index contributed by atoms with van der Waals surface area (Å²) in [5.74, 6) is 1.06. The molecule has 4 heteroatoms. The van der Waals surface area contributed by atoms with Crippen LogP contribution in [0.2, 0.25) is 0 Å². The summed E-state index contributed by atoms with van der Waals surface area (Å²) < 4.78 is 5.89. The van der Waals surface area contributed by atoms with E-state index >= 15 is 0 Å². The normalized spacial score (nSPS) is 21.9. The first-order valence-corrected chi connectivity index (χ1v) is 6.74. The molecule has 0 spiro atoms. The number of nitrogens with one attached hydrogen (secondary N) is 1. The minimum absolute atomic E-state index is 0.0404. The van der Waals surface area contributed by atoms with Gasteiger partial charge in [-0.15, -0.1) is 0 Å². The Morgan fingerprint density at radius 3 is 2.58 bits per heavy atom. The van der Waals surface area contributed by atoms with Gasteiger partial charge >= 0.3 is 0 Å². The molecular weight excluding hydrogens is 242 g/mol. The molecule has 2 rings (SSSR count). The number of benzene rings is 1. The van der Waals surface area contributed by atoms with E-state index < -0.39 is 6.10 Å². The lowest BCUT2D eigenvalue weighted by atomic mass is 9.97. The maximum Gasteiger partial charge on any atom is 0.159 e. The third-order valence-corrected chi connectivity index (χ3v) is 3.57. The molecule has 1 heterocycles. The number of aliphatic hydroxyl groups is 1. The first kappa shape index (κ1) is 14.0. The van der Waals surface area contributed by atoms with Crippen molar-refractivity contribution in [1.82, 2.24) is 5.32 Å². The van der Waals surface area contributed by atoms with Crippen LogP contribution in [0.25, 0.3) is 0 Å². The van der Waals surface area contributed by atoms with Gasteiger partial charge in [0.15, 0.2) is 5.78 Å². The van der Waals surface area contributed by atoms with Gasteiger partial charge in [0.1, 0.15) is 11.9 Å². The summed E-state index contributed by atoms with van der Waals surface area (Å²) in [4.78, 5) is 11.2.